The van der Waals surface area contributed by atoms with Crippen molar-refractivity contribution >= 4 is 27.6 Å². The minimum Gasteiger partial charge on any atom is -0.383 e. The van der Waals surface area contributed by atoms with Crippen LogP contribution in [0.25, 0.3) is 0 Å². The van der Waals surface area contributed by atoms with Crippen LogP contribution in [0.4, 0.5) is 11.6 Å². The number of hydrogen-bond acceptors (Lipinski definition) is 5. The average Bonchev–Trinajstić information content (AvgIpc) is 2.70. The molecule has 0 radical (unpaired) electrons. The molecular weight excluding hydrogens is 284 g/mol. The summed E-state index contributed by atoms with van der Waals surface area (Å²) in [6.45, 7) is 0.742. The van der Waals surface area contributed by atoms with E-state index >= 15 is 0 Å². The highest BCUT2D eigenvalue weighted by Gasteiger charge is 2.05. The van der Waals surface area contributed by atoms with Gasteiger partial charge in [-0.25, -0.2) is 9.97 Å². The SMILES string of the molecule is Cn1ccc(CCNc2ncnc(N)c2Br)n1. The third-order valence-corrected chi connectivity index (χ3v) is 3.04. The zero-order chi connectivity index (χ0) is 12.3. The Morgan fingerprint density at radius 1 is 1.47 bits per heavy atom. The first-order valence-corrected chi connectivity index (χ1v) is 5.94. The Hall–Kier alpha value is -1.63. The minimum absolute atomic E-state index is 0.431. The quantitative estimate of drug-likeness (QED) is 0.886. The molecule has 0 amide bonds. The molecule has 0 saturated heterocycles. The van der Waals surface area contributed by atoms with E-state index in [2.05, 4.69) is 36.3 Å². The fourth-order valence-electron chi connectivity index (χ4n) is 1.41. The first kappa shape index (κ1) is 11.8. The molecule has 2 rings (SSSR count). The lowest BCUT2D eigenvalue weighted by Crippen LogP contribution is -2.08. The molecule has 2 heterocycles. The number of anilines is 2. The van der Waals surface area contributed by atoms with Gasteiger partial charge in [-0.15, -0.1) is 0 Å². The van der Waals surface area contributed by atoms with Crippen molar-refractivity contribution in [3.63, 3.8) is 0 Å². The van der Waals surface area contributed by atoms with E-state index in [1.54, 1.807) is 4.68 Å². The number of nitrogens with two attached hydrogens (primary N) is 1. The number of rotatable bonds is 4. The van der Waals surface area contributed by atoms with E-state index in [1.807, 2.05) is 19.3 Å². The van der Waals surface area contributed by atoms with Crippen LogP contribution in [0.1, 0.15) is 5.69 Å². The maximum Gasteiger partial charge on any atom is 0.145 e. The molecule has 0 aliphatic carbocycles. The van der Waals surface area contributed by atoms with Crippen molar-refractivity contribution in [2.45, 2.75) is 6.42 Å². The molecule has 2 aromatic rings. The molecule has 3 N–H and O–H groups in total. The second kappa shape index (κ2) is 5.13. The molecule has 0 atom stereocenters. The highest BCUT2D eigenvalue weighted by Crippen LogP contribution is 2.23. The van der Waals surface area contributed by atoms with Crippen LogP contribution in [0, 0.1) is 0 Å². The molecule has 0 saturated carbocycles. The van der Waals surface area contributed by atoms with Gasteiger partial charge >= 0.3 is 0 Å². The summed E-state index contributed by atoms with van der Waals surface area (Å²) < 4.78 is 2.48. The number of halogens is 1. The highest BCUT2D eigenvalue weighted by molar-refractivity contribution is 9.10. The van der Waals surface area contributed by atoms with Crippen LogP contribution in [0.5, 0.6) is 0 Å². The summed E-state index contributed by atoms with van der Waals surface area (Å²) in [5.74, 6) is 1.13. The molecule has 0 aliphatic rings. The van der Waals surface area contributed by atoms with Gasteiger partial charge < -0.3 is 11.1 Å². The van der Waals surface area contributed by atoms with Crippen LogP contribution in [0.2, 0.25) is 0 Å². The first-order chi connectivity index (χ1) is 8.16. The van der Waals surface area contributed by atoms with Crippen molar-refractivity contribution in [1.82, 2.24) is 19.7 Å². The molecule has 0 aliphatic heterocycles. The Bertz CT molecular complexity index is 509. The third kappa shape index (κ3) is 2.94. The smallest absolute Gasteiger partial charge is 0.145 e. The zero-order valence-corrected chi connectivity index (χ0v) is 11.0. The molecule has 0 spiro atoms. The largest absolute Gasteiger partial charge is 0.383 e. The lowest BCUT2D eigenvalue weighted by molar-refractivity contribution is 0.742. The van der Waals surface area contributed by atoms with Crippen molar-refractivity contribution in [2.24, 2.45) is 7.05 Å². The summed E-state index contributed by atoms with van der Waals surface area (Å²) in [5, 5.41) is 7.47. The van der Waals surface area contributed by atoms with E-state index < -0.39 is 0 Å². The third-order valence-electron chi connectivity index (χ3n) is 2.26. The number of aromatic nitrogens is 4. The maximum absolute atomic E-state index is 5.65. The predicted octanol–water partition coefficient (Wildman–Crippen LogP) is 1.21. The number of nitrogens with one attached hydrogen (secondary N) is 1. The molecule has 2 aromatic heterocycles. The summed E-state index contributed by atoms with van der Waals surface area (Å²) in [6.07, 6.45) is 4.19. The Kier molecular flexibility index (Phi) is 3.58. The second-order valence-electron chi connectivity index (χ2n) is 3.58. The van der Waals surface area contributed by atoms with Gasteiger partial charge in [0.2, 0.25) is 0 Å². The van der Waals surface area contributed by atoms with E-state index in [4.69, 9.17) is 5.73 Å². The lowest BCUT2D eigenvalue weighted by Gasteiger charge is -2.07. The number of nitrogens with zero attached hydrogens (tertiary/aromatic N) is 4. The fourth-order valence-corrected chi connectivity index (χ4v) is 1.76. The summed E-state index contributed by atoms with van der Waals surface area (Å²) in [4.78, 5) is 7.97. The van der Waals surface area contributed by atoms with Gasteiger partial charge in [-0.3, -0.25) is 4.68 Å². The monoisotopic (exact) mass is 296 g/mol. The lowest BCUT2D eigenvalue weighted by atomic mass is 10.3. The van der Waals surface area contributed by atoms with Gasteiger partial charge in [-0.2, -0.15) is 5.10 Å². The van der Waals surface area contributed by atoms with Gasteiger partial charge in [0.05, 0.1) is 5.69 Å². The van der Waals surface area contributed by atoms with Crippen LogP contribution >= 0.6 is 15.9 Å². The van der Waals surface area contributed by atoms with Crippen LogP contribution in [-0.4, -0.2) is 26.3 Å². The molecule has 0 unspecified atom stereocenters. The molecule has 7 heteroatoms. The van der Waals surface area contributed by atoms with E-state index in [9.17, 15) is 0 Å². The van der Waals surface area contributed by atoms with Crippen molar-refractivity contribution < 1.29 is 0 Å². The Morgan fingerprint density at radius 3 is 3.00 bits per heavy atom. The van der Waals surface area contributed by atoms with Crippen LogP contribution < -0.4 is 11.1 Å². The van der Waals surface area contributed by atoms with Gasteiger partial charge in [0, 0.05) is 26.2 Å². The molecule has 6 nitrogen and oxygen atoms in total. The van der Waals surface area contributed by atoms with Gasteiger partial charge in [-0.05, 0) is 22.0 Å². The van der Waals surface area contributed by atoms with Crippen molar-refractivity contribution in [3.8, 4) is 0 Å². The van der Waals surface area contributed by atoms with Gasteiger partial charge in [-0.1, -0.05) is 0 Å². The Labute approximate surface area is 107 Å². The Morgan fingerprint density at radius 2 is 2.29 bits per heavy atom. The summed E-state index contributed by atoms with van der Waals surface area (Å²) >= 11 is 3.34. The van der Waals surface area contributed by atoms with Gasteiger partial charge in [0.1, 0.15) is 22.4 Å². The van der Waals surface area contributed by atoms with Crippen molar-refractivity contribution in [2.75, 3.05) is 17.6 Å². The minimum atomic E-state index is 0.431. The average molecular weight is 297 g/mol. The van der Waals surface area contributed by atoms with Crippen LogP contribution in [-0.2, 0) is 13.5 Å². The number of hydrogen-bond donors (Lipinski definition) is 2. The van der Waals surface area contributed by atoms with E-state index in [-0.39, 0.29) is 0 Å². The highest BCUT2D eigenvalue weighted by atomic mass is 79.9. The van der Waals surface area contributed by atoms with Crippen LogP contribution in [0.3, 0.4) is 0 Å². The predicted molar refractivity (Wildman–Crippen MR) is 69.5 cm³/mol. The van der Waals surface area contributed by atoms with E-state index in [1.165, 1.54) is 6.33 Å². The molecule has 90 valence electrons. The zero-order valence-electron chi connectivity index (χ0n) is 9.39. The number of nitrogen functional groups attached to an aromatic ring is 1. The van der Waals surface area contributed by atoms with Crippen LogP contribution in [0.15, 0.2) is 23.1 Å². The van der Waals surface area contributed by atoms with E-state index in [0.717, 1.165) is 18.7 Å². The standard InChI is InChI=1S/C10H13BrN6/c1-17-5-3-7(16-17)2-4-13-10-8(11)9(12)14-6-15-10/h3,5-6H,2,4H2,1H3,(H3,12,13,14,15). The topological polar surface area (TPSA) is 81.7 Å². The number of aryl methyl sites for hydroxylation is 1. The molecule has 0 fully saturated rings. The molecule has 17 heavy (non-hydrogen) atoms. The van der Waals surface area contributed by atoms with Crippen molar-refractivity contribution in [3.05, 3.63) is 28.8 Å². The molecular formula is C10H13BrN6. The molecule has 0 aromatic carbocycles. The fraction of sp³-hybridized carbons (Fsp3) is 0.300. The maximum atomic E-state index is 5.65. The second-order valence-corrected chi connectivity index (χ2v) is 4.37. The van der Waals surface area contributed by atoms with E-state index in [0.29, 0.717) is 16.1 Å². The van der Waals surface area contributed by atoms with Gasteiger partial charge in [0.25, 0.3) is 0 Å². The van der Waals surface area contributed by atoms with Crippen molar-refractivity contribution in [1.29, 1.82) is 0 Å². The molecule has 0 bridgehead atoms. The summed E-state index contributed by atoms with van der Waals surface area (Å²) in [7, 11) is 1.90. The summed E-state index contributed by atoms with van der Waals surface area (Å²) in [6, 6.07) is 1.99. The summed E-state index contributed by atoms with van der Waals surface area (Å²) in [5.41, 5.74) is 6.69. The Balaban J connectivity index is 1.92. The first-order valence-electron chi connectivity index (χ1n) is 5.15. The van der Waals surface area contributed by atoms with Gasteiger partial charge in [0.15, 0.2) is 0 Å². The normalized spacial score (nSPS) is 10.5.